The first-order chi connectivity index (χ1) is 8.22. The van der Waals surface area contributed by atoms with Crippen molar-refractivity contribution in [3.63, 3.8) is 0 Å². The van der Waals surface area contributed by atoms with Gasteiger partial charge in [-0.1, -0.05) is 24.3 Å². The van der Waals surface area contributed by atoms with Crippen molar-refractivity contribution < 1.29 is 0 Å². The molecule has 0 aliphatic carbocycles. The summed E-state index contributed by atoms with van der Waals surface area (Å²) in [6.07, 6.45) is 4.00. The highest BCUT2D eigenvalue weighted by molar-refractivity contribution is 5.33. The number of nitrogens with two attached hydrogens (primary N) is 1. The van der Waals surface area contributed by atoms with Crippen LogP contribution in [0.2, 0.25) is 0 Å². The first-order valence-electron chi connectivity index (χ1n) is 5.80. The van der Waals surface area contributed by atoms with E-state index < -0.39 is 0 Å². The Kier molecular flexibility index (Phi) is 3.61. The number of rotatable bonds is 4. The molecule has 0 fully saturated rings. The standard InChI is InChI=1S/C14H19N3/c1-17(2)14(13-6-7-16-10-13)12-5-3-4-11(8-12)9-15/h3-8,10,14,16H,9,15H2,1-2H3. The highest BCUT2D eigenvalue weighted by Gasteiger charge is 2.16. The number of H-pyrrole nitrogens is 1. The lowest BCUT2D eigenvalue weighted by Crippen LogP contribution is -2.20. The molecule has 0 radical (unpaired) electrons. The molecular weight excluding hydrogens is 210 g/mol. The summed E-state index contributed by atoms with van der Waals surface area (Å²) >= 11 is 0. The smallest absolute Gasteiger partial charge is 0.0611 e. The van der Waals surface area contributed by atoms with Crippen molar-refractivity contribution in [1.82, 2.24) is 9.88 Å². The largest absolute Gasteiger partial charge is 0.367 e. The fraction of sp³-hybridized carbons (Fsp3) is 0.286. The molecule has 1 heterocycles. The molecule has 0 aliphatic rings. The fourth-order valence-corrected chi connectivity index (χ4v) is 2.19. The van der Waals surface area contributed by atoms with Crippen molar-refractivity contribution >= 4 is 0 Å². The summed E-state index contributed by atoms with van der Waals surface area (Å²) in [5, 5.41) is 0. The summed E-state index contributed by atoms with van der Waals surface area (Å²) in [4.78, 5) is 5.32. The molecule has 17 heavy (non-hydrogen) atoms. The monoisotopic (exact) mass is 229 g/mol. The van der Waals surface area contributed by atoms with Gasteiger partial charge in [-0.15, -0.1) is 0 Å². The van der Waals surface area contributed by atoms with Crippen molar-refractivity contribution in [2.75, 3.05) is 14.1 Å². The maximum absolute atomic E-state index is 5.69. The summed E-state index contributed by atoms with van der Waals surface area (Å²) in [6.45, 7) is 0.584. The van der Waals surface area contributed by atoms with Crippen LogP contribution >= 0.6 is 0 Å². The lowest BCUT2D eigenvalue weighted by Gasteiger charge is -2.24. The third kappa shape index (κ3) is 2.57. The normalized spacial score (nSPS) is 12.9. The molecule has 90 valence electrons. The van der Waals surface area contributed by atoms with Crippen LogP contribution in [0.1, 0.15) is 22.7 Å². The second-order valence-corrected chi connectivity index (χ2v) is 4.46. The van der Waals surface area contributed by atoms with Gasteiger partial charge in [0.15, 0.2) is 0 Å². The Morgan fingerprint density at radius 3 is 2.65 bits per heavy atom. The topological polar surface area (TPSA) is 45.0 Å². The van der Waals surface area contributed by atoms with E-state index in [1.54, 1.807) is 0 Å². The zero-order valence-corrected chi connectivity index (χ0v) is 10.4. The molecule has 3 nitrogen and oxygen atoms in total. The number of hydrogen-bond donors (Lipinski definition) is 2. The molecular formula is C14H19N3. The van der Waals surface area contributed by atoms with Crippen LogP contribution in [0.15, 0.2) is 42.7 Å². The molecule has 0 bridgehead atoms. The molecule has 0 amide bonds. The van der Waals surface area contributed by atoms with Crippen molar-refractivity contribution in [2.45, 2.75) is 12.6 Å². The molecule has 1 aromatic heterocycles. The molecule has 1 atom stereocenters. The summed E-state index contributed by atoms with van der Waals surface area (Å²) < 4.78 is 0. The molecule has 1 aromatic carbocycles. The number of benzene rings is 1. The van der Waals surface area contributed by atoms with Gasteiger partial charge in [-0.3, -0.25) is 4.90 Å². The van der Waals surface area contributed by atoms with Crippen LogP contribution in [0.25, 0.3) is 0 Å². The third-order valence-electron chi connectivity index (χ3n) is 2.96. The summed E-state index contributed by atoms with van der Waals surface area (Å²) in [6, 6.07) is 10.8. The average Bonchev–Trinajstić information content (AvgIpc) is 2.83. The minimum Gasteiger partial charge on any atom is -0.367 e. The molecule has 0 saturated heterocycles. The molecule has 3 N–H and O–H groups in total. The Hall–Kier alpha value is -1.58. The highest BCUT2D eigenvalue weighted by atomic mass is 15.1. The van der Waals surface area contributed by atoms with Gasteiger partial charge in [0.2, 0.25) is 0 Å². The minimum atomic E-state index is 0.271. The van der Waals surface area contributed by atoms with Crippen molar-refractivity contribution in [3.8, 4) is 0 Å². The Bertz CT molecular complexity index is 460. The summed E-state index contributed by atoms with van der Waals surface area (Å²) in [5.74, 6) is 0. The van der Waals surface area contributed by atoms with Crippen LogP contribution < -0.4 is 5.73 Å². The van der Waals surface area contributed by atoms with Gasteiger partial charge in [0.1, 0.15) is 0 Å². The van der Waals surface area contributed by atoms with Crippen molar-refractivity contribution in [3.05, 3.63) is 59.4 Å². The van der Waals surface area contributed by atoms with E-state index in [0.29, 0.717) is 6.54 Å². The molecule has 3 heteroatoms. The van der Waals surface area contributed by atoms with E-state index in [0.717, 1.165) is 0 Å². The number of nitrogens with one attached hydrogen (secondary N) is 1. The molecule has 0 aliphatic heterocycles. The van der Waals surface area contributed by atoms with Crippen LogP contribution in [-0.4, -0.2) is 24.0 Å². The Morgan fingerprint density at radius 1 is 1.24 bits per heavy atom. The molecule has 0 spiro atoms. The molecule has 2 aromatic rings. The number of aromatic nitrogens is 1. The Balaban J connectivity index is 2.39. The predicted octanol–water partition coefficient (Wildman–Crippen LogP) is 2.12. The van der Waals surface area contributed by atoms with Gasteiger partial charge in [0.25, 0.3) is 0 Å². The van der Waals surface area contributed by atoms with Gasteiger partial charge in [-0.05, 0) is 36.9 Å². The average molecular weight is 229 g/mol. The fourth-order valence-electron chi connectivity index (χ4n) is 2.19. The second kappa shape index (κ2) is 5.17. The maximum Gasteiger partial charge on any atom is 0.0611 e. The molecule has 2 rings (SSSR count). The van der Waals surface area contributed by atoms with E-state index >= 15 is 0 Å². The number of nitrogens with zero attached hydrogens (tertiary/aromatic N) is 1. The number of aromatic amines is 1. The second-order valence-electron chi connectivity index (χ2n) is 4.46. The summed E-state index contributed by atoms with van der Waals surface area (Å²) in [7, 11) is 4.18. The first kappa shape index (κ1) is 11.9. The van der Waals surface area contributed by atoms with Crippen LogP contribution in [0.3, 0.4) is 0 Å². The Labute approximate surface area is 102 Å². The SMILES string of the molecule is CN(C)C(c1cc[nH]c1)c1cccc(CN)c1. The van der Waals surface area contributed by atoms with E-state index in [1.165, 1.54) is 16.7 Å². The van der Waals surface area contributed by atoms with Crippen LogP contribution in [-0.2, 0) is 6.54 Å². The van der Waals surface area contributed by atoms with E-state index in [2.05, 4.69) is 54.3 Å². The zero-order chi connectivity index (χ0) is 12.3. The highest BCUT2D eigenvalue weighted by Crippen LogP contribution is 2.26. The van der Waals surface area contributed by atoms with Gasteiger partial charge in [0, 0.05) is 18.9 Å². The zero-order valence-electron chi connectivity index (χ0n) is 10.4. The number of hydrogen-bond acceptors (Lipinski definition) is 2. The van der Waals surface area contributed by atoms with Gasteiger partial charge < -0.3 is 10.7 Å². The van der Waals surface area contributed by atoms with E-state index in [1.807, 2.05) is 12.4 Å². The van der Waals surface area contributed by atoms with Gasteiger partial charge >= 0.3 is 0 Å². The quantitative estimate of drug-likeness (QED) is 0.843. The van der Waals surface area contributed by atoms with E-state index in [-0.39, 0.29) is 6.04 Å². The summed E-state index contributed by atoms with van der Waals surface area (Å²) in [5.41, 5.74) is 9.41. The predicted molar refractivity (Wildman–Crippen MR) is 70.7 cm³/mol. The molecule has 1 unspecified atom stereocenters. The van der Waals surface area contributed by atoms with Crippen LogP contribution in [0, 0.1) is 0 Å². The van der Waals surface area contributed by atoms with Gasteiger partial charge in [0.05, 0.1) is 6.04 Å². The minimum absolute atomic E-state index is 0.271. The molecule has 0 saturated carbocycles. The van der Waals surface area contributed by atoms with E-state index in [4.69, 9.17) is 5.73 Å². The third-order valence-corrected chi connectivity index (χ3v) is 2.96. The van der Waals surface area contributed by atoms with Gasteiger partial charge in [-0.2, -0.15) is 0 Å². The lowest BCUT2D eigenvalue weighted by molar-refractivity contribution is 0.342. The maximum atomic E-state index is 5.69. The van der Waals surface area contributed by atoms with Crippen molar-refractivity contribution in [1.29, 1.82) is 0 Å². The van der Waals surface area contributed by atoms with Crippen LogP contribution in [0.5, 0.6) is 0 Å². The lowest BCUT2D eigenvalue weighted by atomic mass is 9.98. The Morgan fingerprint density at radius 2 is 2.06 bits per heavy atom. The van der Waals surface area contributed by atoms with E-state index in [9.17, 15) is 0 Å². The van der Waals surface area contributed by atoms with Gasteiger partial charge in [-0.25, -0.2) is 0 Å². The first-order valence-corrected chi connectivity index (χ1v) is 5.80. The van der Waals surface area contributed by atoms with Crippen LogP contribution in [0.4, 0.5) is 0 Å². The van der Waals surface area contributed by atoms with Crippen molar-refractivity contribution in [2.24, 2.45) is 5.73 Å².